The average molecular weight is 421 g/mol. The van der Waals surface area contributed by atoms with Gasteiger partial charge in [-0.15, -0.1) is 0 Å². The van der Waals surface area contributed by atoms with Gasteiger partial charge in [-0.1, -0.05) is 30.3 Å². The Morgan fingerprint density at radius 3 is 2.52 bits per heavy atom. The third-order valence-corrected chi connectivity index (χ3v) is 5.10. The number of amides is 1. The summed E-state index contributed by atoms with van der Waals surface area (Å²) in [4.78, 5) is 39.2. The first-order valence-electron chi connectivity index (χ1n) is 10.0. The van der Waals surface area contributed by atoms with Gasteiger partial charge in [0.1, 0.15) is 17.8 Å². The molecule has 0 spiro atoms. The van der Waals surface area contributed by atoms with E-state index < -0.39 is 11.2 Å². The lowest BCUT2D eigenvalue weighted by Crippen LogP contribution is -2.43. The van der Waals surface area contributed by atoms with E-state index in [1.165, 1.54) is 10.8 Å². The van der Waals surface area contributed by atoms with Crippen molar-refractivity contribution >= 4 is 16.9 Å². The number of fused-ring (bicyclic) bond motifs is 1. The van der Waals surface area contributed by atoms with Crippen LogP contribution in [0.4, 0.5) is 0 Å². The van der Waals surface area contributed by atoms with Gasteiger partial charge in [0.2, 0.25) is 5.91 Å². The van der Waals surface area contributed by atoms with Gasteiger partial charge in [-0.3, -0.25) is 23.4 Å². The molecule has 1 aromatic carbocycles. The van der Waals surface area contributed by atoms with Crippen LogP contribution >= 0.6 is 0 Å². The fourth-order valence-electron chi connectivity index (χ4n) is 3.64. The zero-order valence-electron chi connectivity index (χ0n) is 17.4. The number of hydrogen-bond acceptors (Lipinski definition) is 5. The van der Waals surface area contributed by atoms with Crippen LogP contribution in [0.15, 0.2) is 62.7 Å². The van der Waals surface area contributed by atoms with Crippen LogP contribution in [-0.4, -0.2) is 24.8 Å². The molecule has 160 valence electrons. The first-order valence-corrected chi connectivity index (χ1v) is 10.0. The number of carbonyl (C=O) groups excluding carboxylic acids is 1. The first kappa shape index (κ1) is 20.4. The Balaban J connectivity index is 1.79. The lowest BCUT2D eigenvalue weighted by atomic mass is 10.2. The van der Waals surface area contributed by atoms with Crippen LogP contribution in [0.5, 0.6) is 0 Å². The van der Waals surface area contributed by atoms with Crippen LogP contribution in [0.2, 0.25) is 0 Å². The number of aromatic nitrogens is 4. The summed E-state index contributed by atoms with van der Waals surface area (Å²) in [6.07, 6.45) is 1.53. The summed E-state index contributed by atoms with van der Waals surface area (Å²) < 4.78 is 9.28. The highest BCUT2D eigenvalue weighted by Gasteiger charge is 2.21. The minimum Gasteiger partial charge on any atom is -0.467 e. The molecule has 0 aliphatic carbocycles. The van der Waals surface area contributed by atoms with E-state index in [2.05, 4.69) is 10.4 Å². The molecule has 1 N–H and O–H groups in total. The minimum atomic E-state index is -0.548. The van der Waals surface area contributed by atoms with Gasteiger partial charge < -0.3 is 9.73 Å². The molecule has 0 atom stereocenters. The second-order valence-corrected chi connectivity index (χ2v) is 7.20. The number of hydrogen-bond donors (Lipinski definition) is 1. The molecular weight excluding hydrogens is 398 g/mol. The lowest BCUT2D eigenvalue weighted by Gasteiger charge is -2.13. The molecule has 0 saturated heterocycles. The van der Waals surface area contributed by atoms with Gasteiger partial charge in [-0.2, -0.15) is 5.10 Å². The molecule has 0 saturated carbocycles. The second kappa shape index (κ2) is 8.47. The van der Waals surface area contributed by atoms with Crippen molar-refractivity contribution in [3.05, 3.63) is 86.6 Å². The molecule has 0 aliphatic rings. The summed E-state index contributed by atoms with van der Waals surface area (Å²) in [5, 5.41) is 7.15. The van der Waals surface area contributed by atoms with Crippen LogP contribution < -0.4 is 16.6 Å². The Bertz CT molecular complexity index is 1330. The minimum absolute atomic E-state index is 0.108. The highest BCUT2D eigenvalue weighted by atomic mass is 16.3. The Morgan fingerprint density at radius 1 is 1.06 bits per heavy atom. The summed E-state index contributed by atoms with van der Waals surface area (Å²) in [6, 6.07) is 12.7. The van der Waals surface area contributed by atoms with Gasteiger partial charge >= 0.3 is 5.69 Å². The van der Waals surface area contributed by atoms with E-state index in [9.17, 15) is 14.4 Å². The van der Waals surface area contributed by atoms with E-state index in [1.54, 1.807) is 23.7 Å². The summed E-state index contributed by atoms with van der Waals surface area (Å²) >= 11 is 0. The normalized spacial score (nSPS) is 11.2. The molecule has 31 heavy (non-hydrogen) atoms. The summed E-state index contributed by atoms with van der Waals surface area (Å²) in [6.45, 7) is 4.15. The zero-order valence-corrected chi connectivity index (χ0v) is 17.4. The Hall–Kier alpha value is -3.88. The van der Waals surface area contributed by atoms with Crippen LogP contribution in [0.1, 0.15) is 23.9 Å². The van der Waals surface area contributed by atoms with E-state index in [4.69, 9.17) is 4.42 Å². The van der Waals surface area contributed by atoms with E-state index in [1.807, 2.05) is 37.3 Å². The van der Waals surface area contributed by atoms with Crippen molar-refractivity contribution in [3.8, 4) is 0 Å². The molecule has 4 aromatic rings. The van der Waals surface area contributed by atoms with E-state index in [0.29, 0.717) is 29.0 Å². The second-order valence-electron chi connectivity index (χ2n) is 7.20. The van der Waals surface area contributed by atoms with Gasteiger partial charge in [-0.05, 0) is 31.5 Å². The predicted octanol–water partition coefficient (Wildman–Crippen LogP) is 1.65. The van der Waals surface area contributed by atoms with Gasteiger partial charge in [0, 0.05) is 6.54 Å². The molecule has 3 aromatic heterocycles. The van der Waals surface area contributed by atoms with Gasteiger partial charge in [0.25, 0.3) is 5.56 Å². The maximum atomic E-state index is 13.3. The fraction of sp³-hybridized carbons (Fsp3) is 0.273. The molecule has 9 heteroatoms. The molecule has 0 bridgehead atoms. The lowest BCUT2D eigenvalue weighted by molar-refractivity contribution is -0.121. The van der Waals surface area contributed by atoms with Crippen LogP contribution in [0, 0.1) is 6.92 Å². The van der Waals surface area contributed by atoms with Crippen molar-refractivity contribution in [2.45, 2.75) is 40.0 Å². The molecule has 0 radical (unpaired) electrons. The molecule has 4 rings (SSSR count). The van der Waals surface area contributed by atoms with Crippen LogP contribution in [0.25, 0.3) is 11.0 Å². The molecule has 9 nitrogen and oxygen atoms in total. The molecule has 0 aliphatic heterocycles. The van der Waals surface area contributed by atoms with E-state index in [-0.39, 0.29) is 25.5 Å². The average Bonchev–Trinajstić information content (AvgIpc) is 3.41. The van der Waals surface area contributed by atoms with Crippen molar-refractivity contribution in [1.29, 1.82) is 0 Å². The van der Waals surface area contributed by atoms with Gasteiger partial charge in [0.05, 0.1) is 25.0 Å². The molecule has 0 fully saturated rings. The number of benzene rings is 1. The number of nitrogens with zero attached hydrogens (tertiary/aromatic N) is 4. The smallest absolute Gasteiger partial charge is 0.332 e. The quantitative estimate of drug-likeness (QED) is 0.489. The van der Waals surface area contributed by atoms with Crippen molar-refractivity contribution in [2.24, 2.45) is 0 Å². The summed E-state index contributed by atoms with van der Waals surface area (Å²) in [5.41, 5.74) is 1.07. The Labute approximate surface area is 177 Å². The maximum absolute atomic E-state index is 13.3. The number of nitrogens with one attached hydrogen (secondary N) is 1. The molecule has 1 amide bonds. The maximum Gasteiger partial charge on any atom is 0.332 e. The predicted molar refractivity (Wildman–Crippen MR) is 115 cm³/mol. The van der Waals surface area contributed by atoms with Crippen LogP contribution in [-0.2, 0) is 31.0 Å². The van der Waals surface area contributed by atoms with Crippen molar-refractivity contribution < 1.29 is 9.21 Å². The van der Waals surface area contributed by atoms with E-state index >= 15 is 0 Å². The van der Waals surface area contributed by atoms with Gasteiger partial charge in [0.15, 0.2) is 5.52 Å². The van der Waals surface area contributed by atoms with Gasteiger partial charge in [-0.25, -0.2) is 4.79 Å². The van der Waals surface area contributed by atoms with Crippen molar-refractivity contribution in [1.82, 2.24) is 24.2 Å². The highest BCUT2D eigenvalue weighted by Crippen LogP contribution is 2.14. The van der Waals surface area contributed by atoms with Crippen LogP contribution in [0.3, 0.4) is 0 Å². The number of rotatable bonds is 7. The third-order valence-electron chi connectivity index (χ3n) is 5.10. The summed E-state index contributed by atoms with van der Waals surface area (Å²) in [7, 11) is 0. The molecule has 0 unspecified atom stereocenters. The van der Waals surface area contributed by atoms with E-state index in [0.717, 1.165) is 10.1 Å². The molecule has 3 heterocycles. The van der Waals surface area contributed by atoms with Crippen molar-refractivity contribution in [2.75, 3.05) is 0 Å². The Kier molecular flexibility index (Phi) is 5.57. The topological polar surface area (TPSA) is 104 Å². The SMILES string of the molecule is CCn1nc(C)c2c1c(=O)n(Cc1ccccc1)c(=O)n2CC(=O)NCc1ccco1. The number of furan rings is 1. The highest BCUT2D eigenvalue weighted by molar-refractivity contribution is 5.81. The number of carbonyl (C=O) groups is 1. The number of aryl methyl sites for hydroxylation is 2. The monoisotopic (exact) mass is 421 g/mol. The largest absolute Gasteiger partial charge is 0.467 e. The summed E-state index contributed by atoms with van der Waals surface area (Å²) in [5.74, 6) is 0.239. The Morgan fingerprint density at radius 2 is 1.84 bits per heavy atom. The zero-order chi connectivity index (χ0) is 22.0. The first-order chi connectivity index (χ1) is 15.0. The third kappa shape index (κ3) is 3.94. The standard InChI is InChI=1S/C22H23N5O4/c1-3-27-20-19(15(2)24-27)25(14-18(28)23-12-17-10-7-11-31-17)22(30)26(21(20)29)13-16-8-5-4-6-9-16/h4-11H,3,12-14H2,1-2H3,(H,23,28). The molecular formula is C22H23N5O4. The van der Waals surface area contributed by atoms with Crippen molar-refractivity contribution in [3.63, 3.8) is 0 Å². The fourth-order valence-corrected chi connectivity index (χ4v) is 3.64.